The van der Waals surface area contributed by atoms with E-state index in [0.29, 0.717) is 0 Å². The Bertz CT molecular complexity index is 478. The molecule has 1 aromatic carbocycles. The molecule has 0 amide bonds. The van der Waals surface area contributed by atoms with E-state index in [4.69, 9.17) is 21.1 Å². The molecule has 0 aliphatic carbocycles. The zero-order chi connectivity index (χ0) is 14.8. The Hall–Kier alpha value is -1.29. The van der Waals surface area contributed by atoms with Gasteiger partial charge >= 0.3 is 5.97 Å². The molecule has 0 aliphatic heterocycles. The van der Waals surface area contributed by atoms with E-state index in [1.54, 1.807) is 20.8 Å². The number of carbonyl (C=O) groups is 1. The van der Waals surface area contributed by atoms with E-state index in [0.717, 1.165) is 6.07 Å². The van der Waals surface area contributed by atoms with Crippen molar-refractivity contribution >= 4 is 17.6 Å². The van der Waals surface area contributed by atoms with E-state index in [-0.39, 0.29) is 10.8 Å². The van der Waals surface area contributed by atoms with Gasteiger partial charge in [0.15, 0.2) is 17.2 Å². The molecule has 0 spiro atoms. The van der Waals surface area contributed by atoms with Gasteiger partial charge in [0.25, 0.3) is 0 Å². The highest BCUT2D eigenvalue weighted by atomic mass is 35.5. The van der Waals surface area contributed by atoms with Gasteiger partial charge in [-0.25, -0.2) is 9.18 Å². The van der Waals surface area contributed by atoms with Crippen LogP contribution in [0.5, 0.6) is 5.75 Å². The lowest BCUT2D eigenvalue weighted by Crippen LogP contribution is -2.43. The van der Waals surface area contributed by atoms with Gasteiger partial charge in [-0.15, -0.1) is 0 Å². The van der Waals surface area contributed by atoms with Crippen LogP contribution in [0.3, 0.4) is 0 Å². The Morgan fingerprint density at radius 3 is 2.26 bits per heavy atom. The van der Waals surface area contributed by atoms with Gasteiger partial charge in [-0.2, -0.15) is 0 Å². The second kappa shape index (κ2) is 5.37. The van der Waals surface area contributed by atoms with Crippen LogP contribution in [-0.2, 0) is 9.53 Å². The minimum absolute atomic E-state index is 0.0414. The van der Waals surface area contributed by atoms with Gasteiger partial charge in [0.1, 0.15) is 5.60 Å². The summed E-state index contributed by atoms with van der Waals surface area (Å²) in [6.07, 6.45) is 0. The van der Waals surface area contributed by atoms with Crippen molar-refractivity contribution < 1.29 is 18.7 Å². The number of rotatable bonds is 3. The molecule has 106 valence electrons. The Morgan fingerprint density at radius 1 is 1.21 bits per heavy atom. The van der Waals surface area contributed by atoms with Crippen LogP contribution in [0.25, 0.3) is 0 Å². The third-order valence-corrected chi connectivity index (χ3v) is 2.38. The molecule has 3 nitrogen and oxygen atoms in total. The van der Waals surface area contributed by atoms with E-state index in [9.17, 15) is 9.18 Å². The number of carbonyl (C=O) groups excluding carboxylic acids is 1. The second-order valence-electron chi connectivity index (χ2n) is 5.69. The van der Waals surface area contributed by atoms with Crippen molar-refractivity contribution in [2.75, 3.05) is 0 Å². The second-order valence-corrected chi connectivity index (χ2v) is 6.13. The number of benzene rings is 1. The summed E-state index contributed by atoms with van der Waals surface area (Å²) in [6, 6.07) is 4.00. The first kappa shape index (κ1) is 15.8. The molecule has 1 aromatic rings. The normalized spacial score (nSPS) is 12.2. The first-order chi connectivity index (χ1) is 8.51. The van der Waals surface area contributed by atoms with Gasteiger partial charge in [0.05, 0.1) is 0 Å². The molecule has 0 heterocycles. The van der Waals surface area contributed by atoms with Crippen molar-refractivity contribution in [1.82, 2.24) is 0 Å². The first-order valence-corrected chi connectivity index (χ1v) is 6.26. The Morgan fingerprint density at radius 2 is 1.79 bits per heavy atom. The van der Waals surface area contributed by atoms with Gasteiger partial charge in [-0.1, -0.05) is 11.6 Å². The number of halogens is 2. The van der Waals surface area contributed by atoms with Crippen molar-refractivity contribution in [1.29, 1.82) is 0 Å². The third-order valence-electron chi connectivity index (χ3n) is 2.15. The molecule has 0 saturated carbocycles. The van der Waals surface area contributed by atoms with Crippen molar-refractivity contribution in [3.05, 3.63) is 29.0 Å². The fourth-order valence-electron chi connectivity index (χ4n) is 1.28. The molecule has 0 bridgehead atoms. The predicted molar refractivity (Wildman–Crippen MR) is 72.0 cm³/mol. The standard InChI is InChI=1S/C14H18ClFO3/c1-13(2,3)19-12(17)14(4,5)18-11-7-6-9(15)8-10(11)16/h6-8H,1-5H3. The predicted octanol–water partition coefficient (Wildman–Crippen LogP) is 3.98. The number of esters is 1. The highest BCUT2D eigenvalue weighted by Crippen LogP contribution is 2.26. The maximum Gasteiger partial charge on any atom is 0.350 e. The average molecular weight is 289 g/mol. The SMILES string of the molecule is CC(C)(C)OC(=O)C(C)(C)Oc1ccc(Cl)cc1F. The minimum atomic E-state index is -1.29. The van der Waals surface area contributed by atoms with E-state index < -0.39 is 23.0 Å². The summed E-state index contributed by atoms with van der Waals surface area (Å²) >= 11 is 5.65. The van der Waals surface area contributed by atoms with E-state index >= 15 is 0 Å². The van der Waals surface area contributed by atoms with Crippen LogP contribution in [0.15, 0.2) is 18.2 Å². The Kier molecular flexibility index (Phi) is 4.46. The van der Waals surface area contributed by atoms with Crippen molar-refractivity contribution in [2.24, 2.45) is 0 Å². The van der Waals surface area contributed by atoms with Crippen LogP contribution in [0, 0.1) is 5.82 Å². The first-order valence-electron chi connectivity index (χ1n) is 5.89. The lowest BCUT2D eigenvalue weighted by atomic mass is 10.1. The van der Waals surface area contributed by atoms with E-state index in [2.05, 4.69) is 0 Å². The van der Waals surface area contributed by atoms with Crippen LogP contribution in [0.1, 0.15) is 34.6 Å². The average Bonchev–Trinajstić information content (AvgIpc) is 2.19. The smallest absolute Gasteiger partial charge is 0.350 e. The van der Waals surface area contributed by atoms with Crippen molar-refractivity contribution in [2.45, 2.75) is 45.8 Å². The number of ether oxygens (including phenoxy) is 2. The van der Waals surface area contributed by atoms with Crippen molar-refractivity contribution in [3.63, 3.8) is 0 Å². The zero-order valence-corrected chi connectivity index (χ0v) is 12.5. The molecular weight excluding hydrogens is 271 g/mol. The summed E-state index contributed by atoms with van der Waals surface area (Å²) in [5.41, 5.74) is -1.92. The van der Waals surface area contributed by atoms with Crippen LogP contribution in [-0.4, -0.2) is 17.2 Å². The summed E-state index contributed by atoms with van der Waals surface area (Å²) in [5.74, 6) is -1.22. The van der Waals surface area contributed by atoms with E-state index in [1.165, 1.54) is 26.0 Å². The molecule has 0 radical (unpaired) electrons. The minimum Gasteiger partial charge on any atom is -0.473 e. The quantitative estimate of drug-likeness (QED) is 0.789. The van der Waals surface area contributed by atoms with Gasteiger partial charge in [0, 0.05) is 5.02 Å². The van der Waals surface area contributed by atoms with Gasteiger partial charge in [0.2, 0.25) is 0 Å². The largest absolute Gasteiger partial charge is 0.473 e. The maximum absolute atomic E-state index is 13.6. The van der Waals surface area contributed by atoms with Gasteiger partial charge < -0.3 is 9.47 Å². The van der Waals surface area contributed by atoms with Gasteiger partial charge in [-0.3, -0.25) is 0 Å². The van der Waals surface area contributed by atoms with E-state index in [1.807, 2.05) is 0 Å². The summed E-state index contributed by atoms with van der Waals surface area (Å²) in [5, 5.41) is 0.264. The van der Waals surface area contributed by atoms with Crippen LogP contribution in [0.2, 0.25) is 5.02 Å². The van der Waals surface area contributed by atoms with Crippen LogP contribution >= 0.6 is 11.6 Å². The molecule has 0 saturated heterocycles. The summed E-state index contributed by atoms with van der Waals surface area (Å²) < 4.78 is 24.2. The van der Waals surface area contributed by atoms with Crippen LogP contribution < -0.4 is 4.74 Å². The molecule has 19 heavy (non-hydrogen) atoms. The Balaban J connectivity index is 2.87. The molecule has 0 aliphatic rings. The monoisotopic (exact) mass is 288 g/mol. The lowest BCUT2D eigenvalue weighted by Gasteiger charge is -2.29. The Labute approximate surface area is 117 Å². The topological polar surface area (TPSA) is 35.5 Å². The highest BCUT2D eigenvalue weighted by Gasteiger charge is 2.35. The number of hydrogen-bond donors (Lipinski definition) is 0. The summed E-state index contributed by atoms with van der Waals surface area (Å²) in [6.45, 7) is 8.31. The summed E-state index contributed by atoms with van der Waals surface area (Å²) in [4.78, 5) is 12.0. The molecule has 1 rings (SSSR count). The maximum atomic E-state index is 13.6. The third kappa shape index (κ3) is 4.71. The fraction of sp³-hybridized carbons (Fsp3) is 0.500. The lowest BCUT2D eigenvalue weighted by molar-refractivity contribution is -0.171. The molecule has 0 fully saturated rings. The fourth-order valence-corrected chi connectivity index (χ4v) is 1.43. The molecule has 0 unspecified atom stereocenters. The zero-order valence-electron chi connectivity index (χ0n) is 11.7. The highest BCUT2D eigenvalue weighted by molar-refractivity contribution is 6.30. The molecule has 0 aromatic heterocycles. The van der Waals surface area contributed by atoms with Gasteiger partial charge in [-0.05, 0) is 52.8 Å². The summed E-state index contributed by atoms with van der Waals surface area (Å²) in [7, 11) is 0. The van der Waals surface area contributed by atoms with Crippen molar-refractivity contribution in [3.8, 4) is 5.75 Å². The molecular formula is C14H18ClFO3. The molecule has 5 heteroatoms. The van der Waals surface area contributed by atoms with Crippen LogP contribution in [0.4, 0.5) is 4.39 Å². The molecule has 0 N–H and O–H groups in total. The molecule has 0 atom stereocenters. The number of hydrogen-bond acceptors (Lipinski definition) is 3.